The van der Waals surface area contributed by atoms with Crippen LogP contribution < -0.4 is 0 Å². The number of aryl methyl sites for hydroxylation is 1. The fourth-order valence-corrected chi connectivity index (χ4v) is 1.57. The third kappa shape index (κ3) is 4.70. The number of Topliss-reactive ketones (excluding diaryl/α,β-unsaturated/α-hetero) is 1. The fourth-order valence-electron chi connectivity index (χ4n) is 1.57. The summed E-state index contributed by atoms with van der Waals surface area (Å²) >= 11 is 0. The van der Waals surface area contributed by atoms with Crippen LogP contribution in [0.15, 0.2) is 24.3 Å². The van der Waals surface area contributed by atoms with Crippen LogP contribution in [0.3, 0.4) is 0 Å². The van der Waals surface area contributed by atoms with Crippen molar-refractivity contribution in [1.29, 1.82) is 0 Å². The lowest BCUT2D eigenvalue weighted by Gasteiger charge is -2.09. The average Bonchev–Trinajstić information content (AvgIpc) is 2.36. The third-order valence-electron chi connectivity index (χ3n) is 2.89. The van der Waals surface area contributed by atoms with Crippen LogP contribution in [0.25, 0.3) is 0 Å². The molecule has 2 nitrogen and oxygen atoms in total. The smallest absolute Gasteiger partial charge is 0.188 e. The summed E-state index contributed by atoms with van der Waals surface area (Å²) in [5.74, 6) is 0.0633. The van der Waals surface area contributed by atoms with Crippen LogP contribution in [0, 0.1) is 0 Å². The van der Waals surface area contributed by atoms with E-state index in [2.05, 4.69) is 13.8 Å². The van der Waals surface area contributed by atoms with Gasteiger partial charge in [-0.25, -0.2) is 0 Å². The molecule has 17 heavy (non-hydrogen) atoms. The Morgan fingerprint density at radius 1 is 1.24 bits per heavy atom. The highest BCUT2D eigenvalue weighted by molar-refractivity contribution is 5.97. The lowest BCUT2D eigenvalue weighted by Crippen LogP contribution is -2.15. The summed E-state index contributed by atoms with van der Waals surface area (Å²) in [7, 11) is 0. The van der Waals surface area contributed by atoms with Crippen molar-refractivity contribution in [3.8, 4) is 0 Å². The molecule has 0 aromatic heterocycles. The molecule has 0 aliphatic heterocycles. The largest absolute Gasteiger partial charge is 0.370 e. The molecular weight excluding hydrogens is 212 g/mol. The Balaban J connectivity index is 2.51. The number of rotatable bonds is 7. The zero-order valence-electron chi connectivity index (χ0n) is 11.0. The van der Waals surface area contributed by atoms with E-state index in [0.29, 0.717) is 0 Å². The zero-order valence-corrected chi connectivity index (χ0v) is 11.0. The molecule has 1 aromatic rings. The highest BCUT2D eigenvalue weighted by Crippen LogP contribution is 2.08. The van der Waals surface area contributed by atoms with Crippen LogP contribution in [-0.4, -0.2) is 18.5 Å². The van der Waals surface area contributed by atoms with Crippen molar-refractivity contribution in [1.82, 2.24) is 0 Å². The maximum absolute atomic E-state index is 11.8. The molecule has 94 valence electrons. The Hall–Kier alpha value is -1.15. The Bertz CT molecular complexity index is 340. The molecule has 1 atom stereocenters. The van der Waals surface area contributed by atoms with E-state index in [1.54, 1.807) is 0 Å². The maximum atomic E-state index is 11.8. The van der Waals surface area contributed by atoms with Gasteiger partial charge in [-0.15, -0.1) is 0 Å². The first kappa shape index (κ1) is 13.9. The van der Waals surface area contributed by atoms with Crippen molar-refractivity contribution in [2.24, 2.45) is 0 Å². The summed E-state index contributed by atoms with van der Waals surface area (Å²) in [5.41, 5.74) is 2.03. The standard InChI is InChI=1S/C15H22O2/c1-4-6-13-7-9-14(10-8-13)15(16)11-17-12(3)5-2/h7-10,12H,4-6,11H2,1-3H3. The summed E-state index contributed by atoms with van der Waals surface area (Å²) in [5, 5.41) is 0. The summed E-state index contributed by atoms with van der Waals surface area (Å²) in [4.78, 5) is 11.8. The van der Waals surface area contributed by atoms with Crippen molar-refractivity contribution in [3.05, 3.63) is 35.4 Å². The Kier molecular flexibility index (Phi) is 5.92. The highest BCUT2D eigenvalue weighted by atomic mass is 16.5. The Morgan fingerprint density at radius 3 is 2.41 bits per heavy atom. The molecule has 0 aliphatic rings. The van der Waals surface area contributed by atoms with E-state index < -0.39 is 0 Å². The van der Waals surface area contributed by atoms with Gasteiger partial charge in [0.1, 0.15) is 6.61 Å². The fraction of sp³-hybridized carbons (Fsp3) is 0.533. The van der Waals surface area contributed by atoms with E-state index >= 15 is 0 Å². The molecule has 1 rings (SSSR count). The van der Waals surface area contributed by atoms with Gasteiger partial charge in [0.05, 0.1) is 6.10 Å². The minimum absolute atomic E-state index is 0.0633. The van der Waals surface area contributed by atoms with Gasteiger partial charge in [0.25, 0.3) is 0 Å². The van der Waals surface area contributed by atoms with Crippen LogP contribution in [-0.2, 0) is 11.2 Å². The van der Waals surface area contributed by atoms with E-state index in [-0.39, 0.29) is 18.5 Å². The number of benzene rings is 1. The normalized spacial score (nSPS) is 12.4. The number of ether oxygens (including phenoxy) is 1. The second-order valence-electron chi connectivity index (χ2n) is 4.40. The summed E-state index contributed by atoms with van der Waals surface area (Å²) in [6, 6.07) is 7.85. The number of ketones is 1. The molecule has 1 aromatic carbocycles. The highest BCUT2D eigenvalue weighted by Gasteiger charge is 2.07. The molecular formula is C15H22O2. The molecule has 0 amide bonds. The van der Waals surface area contributed by atoms with Gasteiger partial charge in [0.15, 0.2) is 5.78 Å². The van der Waals surface area contributed by atoms with Crippen molar-refractivity contribution in [3.63, 3.8) is 0 Å². The first-order chi connectivity index (χ1) is 8.17. The molecule has 0 spiro atoms. The minimum Gasteiger partial charge on any atom is -0.370 e. The van der Waals surface area contributed by atoms with E-state index in [1.165, 1.54) is 5.56 Å². The second-order valence-corrected chi connectivity index (χ2v) is 4.40. The van der Waals surface area contributed by atoms with Crippen LogP contribution >= 0.6 is 0 Å². The Morgan fingerprint density at radius 2 is 1.88 bits per heavy atom. The van der Waals surface area contributed by atoms with Crippen molar-refractivity contribution >= 4 is 5.78 Å². The predicted octanol–water partition coefficient (Wildman–Crippen LogP) is 3.64. The third-order valence-corrected chi connectivity index (χ3v) is 2.89. The van der Waals surface area contributed by atoms with Crippen molar-refractivity contribution in [2.45, 2.75) is 46.1 Å². The topological polar surface area (TPSA) is 26.3 Å². The van der Waals surface area contributed by atoms with Crippen LogP contribution in [0.5, 0.6) is 0 Å². The van der Waals surface area contributed by atoms with Gasteiger partial charge in [-0.05, 0) is 25.3 Å². The lowest BCUT2D eigenvalue weighted by atomic mass is 10.1. The lowest BCUT2D eigenvalue weighted by molar-refractivity contribution is 0.0511. The molecule has 0 aliphatic carbocycles. The van der Waals surface area contributed by atoms with E-state index in [9.17, 15) is 4.79 Å². The molecule has 0 saturated heterocycles. The number of carbonyl (C=O) groups excluding carboxylic acids is 1. The number of hydrogen-bond donors (Lipinski definition) is 0. The quantitative estimate of drug-likeness (QED) is 0.673. The number of hydrogen-bond acceptors (Lipinski definition) is 2. The van der Waals surface area contributed by atoms with Gasteiger partial charge < -0.3 is 4.74 Å². The van der Waals surface area contributed by atoms with Gasteiger partial charge in [-0.1, -0.05) is 44.5 Å². The molecule has 1 unspecified atom stereocenters. The predicted molar refractivity (Wildman–Crippen MR) is 70.5 cm³/mol. The molecule has 0 bridgehead atoms. The molecule has 0 radical (unpaired) electrons. The maximum Gasteiger partial charge on any atom is 0.188 e. The first-order valence-corrected chi connectivity index (χ1v) is 6.41. The summed E-state index contributed by atoms with van der Waals surface area (Å²) in [6.07, 6.45) is 3.28. The summed E-state index contributed by atoms with van der Waals surface area (Å²) in [6.45, 7) is 6.37. The molecule has 2 heteroatoms. The van der Waals surface area contributed by atoms with Gasteiger partial charge in [0, 0.05) is 5.56 Å². The second kappa shape index (κ2) is 7.23. The van der Waals surface area contributed by atoms with E-state index in [0.717, 1.165) is 24.8 Å². The van der Waals surface area contributed by atoms with Gasteiger partial charge in [-0.3, -0.25) is 4.79 Å². The van der Waals surface area contributed by atoms with Crippen LogP contribution in [0.4, 0.5) is 0 Å². The van der Waals surface area contributed by atoms with E-state index in [1.807, 2.05) is 31.2 Å². The van der Waals surface area contributed by atoms with Crippen molar-refractivity contribution < 1.29 is 9.53 Å². The van der Waals surface area contributed by atoms with Crippen LogP contribution in [0.2, 0.25) is 0 Å². The minimum atomic E-state index is 0.0633. The average molecular weight is 234 g/mol. The van der Waals surface area contributed by atoms with E-state index in [4.69, 9.17) is 4.74 Å². The Labute approximate surface area is 104 Å². The van der Waals surface area contributed by atoms with Crippen molar-refractivity contribution in [2.75, 3.05) is 6.61 Å². The van der Waals surface area contributed by atoms with Gasteiger partial charge >= 0.3 is 0 Å². The monoisotopic (exact) mass is 234 g/mol. The molecule has 0 N–H and O–H groups in total. The molecule has 0 saturated carbocycles. The molecule has 0 heterocycles. The molecule has 0 fully saturated rings. The van der Waals surface area contributed by atoms with Gasteiger partial charge in [0.2, 0.25) is 0 Å². The SMILES string of the molecule is CCCc1ccc(C(=O)COC(C)CC)cc1. The summed E-state index contributed by atoms with van der Waals surface area (Å²) < 4.78 is 5.44. The zero-order chi connectivity index (χ0) is 12.7. The first-order valence-electron chi connectivity index (χ1n) is 6.41. The van der Waals surface area contributed by atoms with Gasteiger partial charge in [-0.2, -0.15) is 0 Å². The number of carbonyl (C=O) groups is 1. The van der Waals surface area contributed by atoms with Crippen LogP contribution in [0.1, 0.15) is 49.5 Å².